The molecule has 0 saturated carbocycles. The third kappa shape index (κ3) is 1.10. The Hall–Kier alpha value is -0.315. The van der Waals surface area contributed by atoms with Crippen molar-refractivity contribution in [2.24, 2.45) is 0 Å². The van der Waals surface area contributed by atoms with Crippen LogP contribution in [0.25, 0.3) is 0 Å². The highest BCUT2D eigenvalue weighted by Crippen LogP contribution is 2.25. The molecule has 4 heteroatoms. The van der Waals surface area contributed by atoms with E-state index in [0.717, 1.165) is 0 Å². The van der Waals surface area contributed by atoms with Gasteiger partial charge in [-0.1, -0.05) is 6.58 Å². The van der Waals surface area contributed by atoms with E-state index in [1.165, 1.54) is 0 Å². The molecule has 3 nitrogen and oxygen atoms in total. The Morgan fingerprint density at radius 2 is 2.50 bits per heavy atom. The average Bonchev–Trinajstić information content (AvgIpc) is 2.10. The van der Waals surface area contributed by atoms with Crippen LogP contribution in [0.15, 0.2) is 12.2 Å². The van der Waals surface area contributed by atoms with Crippen LogP contribution in [0.3, 0.4) is 0 Å². The lowest BCUT2D eigenvalue weighted by atomic mass is 9.77. The minimum Gasteiger partial charge on any atom is -0.393 e. The lowest BCUT2D eigenvalue weighted by molar-refractivity contribution is 0.0475. The van der Waals surface area contributed by atoms with Crippen LogP contribution >= 0.6 is 0 Å². The Morgan fingerprint density at radius 1 is 1.90 bits per heavy atom. The predicted molar refractivity (Wildman–Crippen MR) is 36.7 cm³/mol. The molecule has 1 rings (SSSR count). The Balaban J connectivity index is 2.67. The zero-order chi connectivity index (χ0) is 7.78. The Kier molecular flexibility index (Phi) is 1.85. The summed E-state index contributed by atoms with van der Waals surface area (Å²) in [6.45, 7) is 3.33. The van der Waals surface area contributed by atoms with E-state index in [1.807, 2.05) is 0 Å². The smallest absolute Gasteiger partial charge is 0.122 e. The molecule has 0 aliphatic carbocycles. The molecule has 2 unspecified atom stereocenters. The lowest BCUT2D eigenvalue weighted by Gasteiger charge is -2.16. The van der Waals surface area contributed by atoms with E-state index in [2.05, 4.69) is 6.58 Å². The molecule has 0 aromatic rings. The van der Waals surface area contributed by atoms with Gasteiger partial charge in [0.2, 0.25) is 0 Å². The number of hydrogen-bond acceptors (Lipinski definition) is 3. The summed E-state index contributed by atoms with van der Waals surface area (Å²) in [6, 6.07) is 0. The molecule has 0 spiro atoms. The van der Waals surface area contributed by atoms with E-state index in [1.54, 1.807) is 0 Å². The first-order chi connectivity index (χ1) is 4.58. The van der Waals surface area contributed by atoms with Gasteiger partial charge in [0.15, 0.2) is 0 Å². The van der Waals surface area contributed by atoms with E-state index < -0.39 is 11.6 Å². The maximum Gasteiger partial charge on any atom is 0.122 e. The molecular weight excluding hydrogens is 131 g/mol. The second kappa shape index (κ2) is 2.38. The van der Waals surface area contributed by atoms with E-state index in [9.17, 15) is 5.11 Å². The third-order valence-corrected chi connectivity index (χ3v) is 1.62. The van der Waals surface area contributed by atoms with Gasteiger partial charge in [0, 0.05) is 0 Å². The monoisotopic (exact) mass is 140 g/mol. The SMILES string of the molecule is [B]C1(O)COC(CO)C1=C. The fourth-order valence-corrected chi connectivity index (χ4v) is 0.863. The molecule has 0 amide bonds. The molecule has 2 atom stereocenters. The summed E-state index contributed by atoms with van der Waals surface area (Å²) >= 11 is 0. The van der Waals surface area contributed by atoms with Gasteiger partial charge in [-0.3, -0.25) is 0 Å². The summed E-state index contributed by atoms with van der Waals surface area (Å²) in [6.07, 6.45) is -0.505. The Labute approximate surface area is 60.7 Å². The minimum atomic E-state index is -1.45. The predicted octanol–water partition coefficient (Wildman–Crippen LogP) is -1.21. The van der Waals surface area contributed by atoms with Gasteiger partial charge in [0.25, 0.3) is 0 Å². The Bertz CT molecular complexity index is 155. The molecule has 1 aliphatic heterocycles. The van der Waals surface area contributed by atoms with Gasteiger partial charge < -0.3 is 14.9 Å². The van der Waals surface area contributed by atoms with Gasteiger partial charge in [0.05, 0.1) is 18.7 Å². The number of ether oxygens (including phenoxy) is 1. The normalized spacial score (nSPS) is 40.6. The zero-order valence-corrected chi connectivity index (χ0v) is 5.58. The Morgan fingerprint density at radius 3 is 2.70 bits per heavy atom. The quantitative estimate of drug-likeness (QED) is 0.355. The van der Waals surface area contributed by atoms with E-state index in [0.29, 0.717) is 5.57 Å². The van der Waals surface area contributed by atoms with Crippen molar-refractivity contribution in [2.45, 2.75) is 11.6 Å². The minimum absolute atomic E-state index is 0.0110. The van der Waals surface area contributed by atoms with Crippen LogP contribution in [0.1, 0.15) is 0 Å². The molecule has 1 aliphatic rings. The van der Waals surface area contributed by atoms with E-state index >= 15 is 0 Å². The van der Waals surface area contributed by atoms with Gasteiger partial charge in [-0.15, -0.1) is 0 Å². The fourth-order valence-electron chi connectivity index (χ4n) is 0.863. The largest absolute Gasteiger partial charge is 0.393 e. The summed E-state index contributed by atoms with van der Waals surface area (Å²) in [5.41, 5.74) is -1.11. The van der Waals surface area contributed by atoms with Crippen LogP contribution in [-0.2, 0) is 4.74 Å². The molecule has 0 bridgehead atoms. The van der Waals surface area contributed by atoms with Crippen molar-refractivity contribution in [1.82, 2.24) is 0 Å². The highest BCUT2D eigenvalue weighted by Gasteiger charge is 2.36. The van der Waals surface area contributed by atoms with Gasteiger partial charge in [-0.05, 0) is 5.57 Å². The van der Waals surface area contributed by atoms with Crippen molar-refractivity contribution in [3.05, 3.63) is 12.2 Å². The number of hydrogen-bond donors (Lipinski definition) is 2. The summed E-state index contributed by atoms with van der Waals surface area (Å²) in [4.78, 5) is 0. The maximum atomic E-state index is 9.21. The van der Waals surface area contributed by atoms with Crippen LogP contribution in [0.2, 0.25) is 0 Å². The van der Waals surface area contributed by atoms with Crippen molar-refractivity contribution in [2.75, 3.05) is 13.2 Å². The van der Waals surface area contributed by atoms with Gasteiger partial charge in [-0.25, -0.2) is 0 Å². The highest BCUT2D eigenvalue weighted by atomic mass is 16.5. The highest BCUT2D eigenvalue weighted by molar-refractivity contribution is 6.16. The van der Waals surface area contributed by atoms with Gasteiger partial charge in [0.1, 0.15) is 14.0 Å². The van der Waals surface area contributed by atoms with Crippen molar-refractivity contribution >= 4 is 7.85 Å². The fraction of sp³-hybridized carbons (Fsp3) is 0.667. The number of aliphatic hydroxyl groups is 2. The number of rotatable bonds is 1. The first-order valence-corrected chi connectivity index (χ1v) is 3.01. The molecule has 2 N–H and O–H groups in total. The zero-order valence-electron chi connectivity index (χ0n) is 5.58. The average molecular weight is 140 g/mol. The molecule has 10 heavy (non-hydrogen) atoms. The summed E-state index contributed by atoms with van der Waals surface area (Å²) in [7, 11) is 5.31. The first kappa shape index (κ1) is 7.79. The molecule has 1 saturated heterocycles. The van der Waals surface area contributed by atoms with Crippen LogP contribution in [0.5, 0.6) is 0 Å². The van der Waals surface area contributed by atoms with Crippen molar-refractivity contribution < 1.29 is 14.9 Å². The topological polar surface area (TPSA) is 49.7 Å². The summed E-state index contributed by atoms with van der Waals surface area (Å²) < 4.78 is 4.91. The third-order valence-electron chi connectivity index (χ3n) is 1.62. The standard InChI is InChI=1S/C6H9BO3/c1-4-5(2-8)10-3-6(4,7)9/h5,8-9H,1-3H2. The van der Waals surface area contributed by atoms with Crippen LogP contribution in [-0.4, -0.2) is 42.9 Å². The number of aliphatic hydroxyl groups excluding tert-OH is 1. The van der Waals surface area contributed by atoms with E-state index in [4.69, 9.17) is 17.7 Å². The molecular formula is C6H9BO3. The van der Waals surface area contributed by atoms with Crippen molar-refractivity contribution in [3.63, 3.8) is 0 Å². The summed E-state index contributed by atoms with van der Waals surface area (Å²) in [5.74, 6) is 0. The van der Waals surface area contributed by atoms with Crippen molar-refractivity contribution in [3.8, 4) is 0 Å². The van der Waals surface area contributed by atoms with Crippen LogP contribution in [0.4, 0.5) is 0 Å². The molecule has 1 fully saturated rings. The maximum absolute atomic E-state index is 9.21. The molecule has 0 aromatic carbocycles. The second-order valence-corrected chi connectivity index (χ2v) is 2.43. The molecule has 1 heterocycles. The van der Waals surface area contributed by atoms with E-state index in [-0.39, 0.29) is 13.2 Å². The second-order valence-electron chi connectivity index (χ2n) is 2.43. The lowest BCUT2D eigenvalue weighted by Crippen LogP contribution is -2.32. The van der Waals surface area contributed by atoms with Gasteiger partial charge in [-0.2, -0.15) is 0 Å². The summed E-state index contributed by atoms with van der Waals surface area (Å²) in [5, 5.41) is 17.8. The van der Waals surface area contributed by atoms with Crippen LogP contribution < -0.4 is 0 Å². The molecule has 54 valence electrons. The van der Waals surface area contributed by atoms with Crippen molar-refractivity contribution in [1.29, 1.82) is 0 Å². The van der Waals surface area contributed by atoms with Gasteiger partial charge >= 0.3 is 0 Å². The molecule has 0 aromatic heterocycles. The van der Waals surface area contributed by atoms with Crippen LogP contribution in [0, 0.1) is 0 Å². The molecule has 2 radical (unpaired) electrons. The first-order valence-electron chi connectivity index (χ1n) is 3.01.